The standard InChI is InChI=1S/C17H23N3O4S2/c1-10-11(2)13(4)17(14(5)12(10)3)25(21,22)19-15-7-6-8-16(9-15)20-26(18,23)24/h6-9,19-20H,1-5H3,(H2,18,23,24). The van der Waals surface area contributed by atoms with Crippen LogP contribution >= 0.6 is 0 Å². The van der Waals surface area contributed by atoms with Crippen molar-refractivity contribution in [3.63, 3.8) is 0 Å². The molecule has 0 aliphatic carbocycles. The number of sulfonamides is 1. The predicted octanol–water partition coefficient (Wildman–Crippen LogP) is 2.64. The fourth-order valence-corrected chi connectivity index (χ4v) is 4.99. The molecule has 0 heterocycles. The van der Waals surface area contributed by atoms with Crippen LogP contribution in [0.4, 0.5) is 11.4 Å². The molecular formula is C17H23N3O4S2. The summed E-state index contributed by atoms with van der Waals surface area (Å²) in [5.74, 6) is 0. The molecule has 26 heavy (non-hydrogen) atoms. The maximum atomic E-state index is 13.0. The van der Waals surface area contributed by atoms with E-state index >= 15 is 0 Å². The summed E-state index contributed by atoms with van der Waals surface area (Å²) in [4.78, 5) is 0.239. The van der Waals surface area contributed by atoms with Crippen molar-refractivity contribution < 1.29 is 16.8 Å². The van der Waals surface area contributed by atoms with Crippen molar-refractivity contribution in [1.29, 1.82) is 0 Å². The molecule has 142 valence electrons. The first-order valence-electron chi connectivity index (χ1n) is 7.84. The van der Waals surface area contributed by atoms with E-state index in [1.54, 1.807) is 13.8 Å². The van der Waals surface area contributed by atoms with Gasteiger partial charge in [0.15, 0.2) is 0 Å². The molecule has 0 fully saturated rings. The molecule has 0 aliphatic rings. The molecule has 0 bridgehead atoms. The molecule has 2 aromatic carbocycles. The zero-order chi connectivity index (χ0) is 19.9. The molecule has 0 radical (unpaired) electrons. The quantitative estimate of drug-likeness (QED) is 0.718. The summed E-state index contributed by atoms with van der Waals surface area (Å²) in [6.45, 7) is 9.32. The van der Waals surface area contributed by atoms with Crippen LogP contribution in [0.25, 0.3) is 0 Å². The lowest BCUT2D eigenvalue weighted by molar-refractivity contribution is 0.599. The van der Waals surface area contributed by atoms with Gasteiger partial charge >= 0.3 is 0 Å². The van der Waals surface area contributed by atoms with E-state index in [9.17, 15) is 16.8 Å². The Labute approximate surface area is 154 Å². The first kappa shape index (κ1) is 20.2. The van der Waals surface area contributed by atoms with Crippen LogP contribution in [0, 0.1) is 34.6 Å². The van der Waals surface area contributed by atoms with Gasteiger partial charge in [-0.2, -0.15) is 8.42 Å². The number of hydrogen-bond acceptors (Lipinski definition) is 4. The van der Waals surface area contributed by atoms with Crippen LogP contribution in [-0.2, 0) is 20.2 Å². The normalized spacial score (nSPS) is 12.1. The van der Waals surface area contributed by atoms with E-state index in [0.717, 1.165) is 16.7 Å². The van der Waals surface area contributed by atoms with Crippen molar-refractivity contribution in [3.05, 3.63) is 52.1 Å². The van der Waals surface area contributed by atoms with E-state index < -0.39 is 20.2 Å². The number of nitrogens with two attached hydrogens (primary N) is 1. The number of anilines is 2. The highest BCUT2D eigenvalue weighted by Gasteiger charge is 2.23. The third kappa shape index (κ3) is 4.17. The average Bonchev–Trinajstić information content (AvgIpc) is 2.49. The van der Waals surface area contributed by atoms with Crippen molar-refractivity contribution in [2.24, 2.45) is 5.14 Å². The Morgan fingerprint density at radius 2 is 1.15 bits per heavy atom. The van der Waals surface area contributed by atoms with Crippen molar-refractivity contribution in [2.45, 2.75) is 39.5 Å². The number of rotatable bonds is 5. The van der Waals surface area contributed by atoms with Crippen LogP contribution in [0.15, 0.2) is 29.2 Å². The SMILES string of the molecule is Cc1c(C)c(C)c(S(=O)(=O)Nc2cccc(NS(N)(=O)=O)c2)c(C)c1C. The van der Waals surface area contributed by atoms with E-state index in [-0.39, 0.29) is 16.3 Å². The second kappa shape index (κ2) is 6.90. The van der Waals surface area contributed by atoms with Crippen molar-refractivity contribution in [2.75, 3.05) is 9.44 Å². The number of benzene rings is 2. The lowest BCUT2D eigenvalue weighted by atomic mass is 9.95. The highest BCUT2D eigenvalue weighted by Crippen LogP contribution is 2.31. The fourth-order valence-electron chi connectivity index (χ4n) is 2.89. The molecule has 0 atom stereocenters. The molecule has 7 nitrogen and oxygen atoms in total. The molecular weight excluding hydrogens is 374 g/mol. The Bertz CT molecular complexity index is 1050. The summed E-state index contributed by atoms with van der Waals surface area (Å²) in [5, 5.41) is 4.95. The topological polar surface area (TPSA) is 118 Å². The van der Waals surface area contributed by atoms with Gasteiger partial charge in [0.2, 0.25) is 0 Å². The average molecular weight is 398 g/mol. The van der Waals surface area contributed by atoms with Crippen LogP contribution < -0.4 is 14.6 Å². The summed E-state index contributed by atoms with van der Waals surface area (Å²) in [6.07, 6.45) is 0. The highest BCUT2D eigenvalue weighted by atomic mass is 32.2. The summed E-state index contributed by atoms with van der Waals surface area (Å²) in [6, 6.07) is 5.89. The number of nitrogens with one attached hydrogen (secondary N) is 2. The molecule has 9 heteroatoms. The van der Waals surface area contributed by atoms with Gasteiger partial charge in [-0.15, -0.1) is 0 Å². The van der Waals surface area contributed by atoms with Crippen LogP contribution in [0.3, 0.4) is 0 Å². The monoisotopic (exact) mass is 397 g/mol. The van der Waals surface area contributed by atoms with Crippen LogP contribution in [0.5, 0.6) is 0 Å². The first-order valence-corrected chi connectivity index (χ1v) is 10.9. The maximum absolute atomic E-state index is 13.0. The third-order valence-electron chi connectivity index (χ3n) is 4.57. The van der Waals surface area contributed by atoms with Crippen molar-refractivity contribution >= 4 is 31.6 Å². The molecule has 2 aromatic rings. The largest absolute Gasteiger partial charge is 0.296 e. The zero-order valence-corrected chi connectivity index (χ0v) is 17.0. The summed E-state index contributed by atoms with van der Waals surface area (Å²) in [7, 11) is -7.80. The Kier molecular flexibility index (Phi) is 5.36. The van der Waals surface area contributed by atoms with Gasteiger partial charge in [-0.25, -0.2) is 13.6 Å². The summed E-state index contributed by atoms with van der Waals surface area (Å²) in [5.41, 5.74) is 4.70. The molecule has 4 N–H and O–H groups in total. The molecule has 0 aromatic heterocycles. The maximum Gasteiger partial charge on any atom is 0.296 e. The second-order valence-corrected chi connectivity index (χ2v) is 9.20. The molecule has 0 aliphatic heterocycles. The van der Waals surface area contributed by atoms with Crippen LogP contribution in [-0.4, -0.2) is 16.8 Å². The van der Waals surface area contributed by atoms with E-state index in [1.807, 2.05) is 20.8 Å². The van der Waals surface area contributed by atoms with Gasteiger partial charge in [0.1, 0.15) is 0 Å². The van der Waals surface area contributed by atoms with Gasteiger partial charge in [-0.3, -0.25) is 9.44 Å². The van der Waals surface area contributed by atoms with Crippen molar-refractivity contribution in [3.8, 4) is 0 Å². The van der Waals surface area contributed by atoms with Gasteiger partial charge in [0.05, 0.1) is 16.3 Å². The first-order chi connectivity index (χ1) is 11.8. The van der Waals surface area contributed by atoms with Gasteiger partial charge in [0, 0.05) is 0 Å². The summed E-state index contributed by atoms with van der Waals surface area (Å²) >= 11 is 0. The predicted molar refractivity (Wildman–Crippen MR) is 104 cm³/mol. The lowest BCUT2D eigenvalue weighted by Gasteiger charge is -2.19. The van der Waals surface area contributed by atoms with Crippen LogP contribution in [0.2, 0.25) is 0 Å². The number of hydrogen-bond donors (Lipinski definition) is 3. The molecule has 0 unspecified atom stereocenters. The van der Waals surface area contributed by atoms with E-state index in [0.29, 0.717) is 11.1 Å². The van der Waals surface area contributed by atoms with Gasteiger partial charge in [-0.1, -0.05) is 6.07 Å². The van der Waals surface area contributed by atoms with E-state index in [1.165, 1.54) is 24.3 Å². The third-order valence-corrected chi connectivity index (χ3v) is 6.75. The van der Waals surface area contributed by atoms with E-state index in [4.69, 9.17) is 5.14 Å². The highest BCUT2D eigenvalue weighted by molar-refractivity contribution is 7.92. The molecule has 2 rings (SSSR count). The minimum atomic E-state index is -3.95. The Morgan fingerprint density at radius 1 is 0.731 bits per heavy atom. The Morgan fingerprint density at radius 3 is 1.62 bits per heavy atom. The van der Waals surface area contributed by atoms with Gasteiger partial charge in [-0.05, 0) is 80.6 Å². The molecule has 0 amide bonds. The molecule has 0 spiro atoms. The lowest BCUT2D eigenvalue weighted by Crippen LogP contribution is -2.22. The fraction of sp³-hybridized carbons (Fsp3) is 0.294. The summed E-state index contributed by atoms with van der Waals surface area (Å²) < 4.78 is 52.9. The Balaban J connectivity index is 2.50. The smallest absolute Gasteiger partial charge is 0.280 e. The minimum absolute atomic E-state index is 0.164. The van der Waals surface area contributed by atoms with Crippen molar-refractivity contribution in [1.82, 2.24) is 0 Å². The van der Waals surface area contributed by atoms with Gasteiger partial charge < -0.3 is 0 Å². The van der Waals surface area contributed by atoms with Crippen LogP contribution in [0.1, 0.15) is 27.8 Å². The minimum Gasteiger partial charge on any atom is -0.280 e. The van der Waals surface area contributed by atoms with E-state index in [2.05, 4.69) is 9.44 Å². The van der Waals surface area contributed by atoms with Gasteiger partial charge in [0.25, 0.3) is 20.2 Å². The molecule has 0 saturated heterocycles. The Hall–Kier alpha value is -2.10. The zero-order valence-electron chi connectivity index (χ0n) is 15.3. The second-order valence-electron chi connectivity index (χ2n) is 6.29. The molecule has 0 saturated carbocycles.